The van der Waals surface area contributed by atoms with Gasteiger partial charge < -0.3 is 4.42 Å². The first-order valence-corrected chi connectivity index (χ1v) is 4.52. The van der Waals surface area contributed by atoms with Crippen molar-refractivity contribution in [1.82, 2.24) is 4.98 Å². The number of hydrogen-bond donors (Lipinski definition) is 0. The van der Waals surface area contributed by atoms with E-state index in [0.29, 0.717) is 22.9 Å². The summed E-state index contributed by atoms with van der Waals surface area (Å²) in [4.78, 5) is 15.6. The van der Waals surface area contributed by atoms with E-state index in [1.165, 1.54) is 0 Å². The highest BCUT2D eigenvalue weighted by molar-refractivity contribution is 5.34. The Kier molecular flexibility index (Phi) is 3.40. The van der Waals surface area contributed by atoms with Crippen LogP contribution in [-0.4, -0.2) is 4.98 Å². The van der Waals surface area contributed by atoms with Crippen LogP contribution in [-0.2, 0) is 6.42 Å². The zero-order valence-electron chi connectivity index (χ0n) is 8.41. The van der Waals surface area contributed by atoms with E-state index >= 15 is 0 Å². The van der Waals surface area contributed by atoms with Gasteiger partial charge in [-0.3, -0.25) is 0 Å². The van der Waals surface area contributed by atoms with Gasteiger partial charge in [-0.2, -0.15) is 0 Å². The summed E-state index contributed by atoms with van der Waals surface area (Å²) < 4.78 is 4.98. The van der Waals surface area contributed by atoms with Crippen LogP contribution < -0.4 is 16.2 Å². The molecule has 0 spiro atoms. The molecule has 0 N–H and O–H groups in total. The van der Waals surface area contributed by atoms with Crippen LogP contribution in [0.3, 0.4) is 0 Å². The van der Waals surface area contributed by atoms with Gasteiger partial charge in [0.1, 0.15) is 0 Å². The van der Waals surface area contributed by atoms with E-state index in [-0.39, 0.29) is 5.63 Å². The molecule has 0 aromatic carbocycles. The molecule has 0 aliphatic rings. The van der Waals surface area contributed by atoms with Crippen molar-refractivity contribution >= 4 is 12.2 Å². The van der Waals surface area contributed by atoms with Crippen LogP contribution in [0.2, 0.25) is 0 Å². The molecule has 0 amide bonds. The smallest absolute Gasteiger partial charge is 0.346 e. The van der Waals surface area contributed by atoms with E-state index in [1.54, 1.807) is 25.2 Å². The molecule has 14 heavy (non-hydrogen) atoms. The van der Waals surface area contributed by atoms with Gasteiger partial charge in [0.25, 0.3) is 0 Å². The lowest BCUT2D eigenvalue weighted by Gasteiger charge is -1.93. The zero-order valence-corrected chi connectivity index (χ0v) is 8.41. The lowest BCUT2D eigenvalue weighted by molar-refractivity contribution is 0.431. The van der Waals surface area contributed by atoms with Crippen molar-refractivity contribution in [1.29, 1.82) is 0 Å². The number of hydrogen-bond acceptors (Lipinski definition) is 3. The second-order valence-electron chi connectivity index (χ2n) is 2.74. The van der Waals surface area contributed by atoms with Gasteiger partial charge in [0.2, 0.25) is 0 Å². The maximum atomic E-state index is 11.4. The van der Waals surface area contributed by atoms with Crippen LogP contribution in [0.15, 0.2) is 21.9 Å². The molecule has 3 nitrogen and oxygen atoms in total. The lowest BCUT2D eigenvalue weighted by atomic mass is 10.3. The number of aryl methyl sites for hydroxylation is 1. The van der Waals surface area contributed by atoms with Crippen LogP contribution in [0.25, 0.3) is 12.2 Å². The minimum atomic E-state index is -0.340. The molecule has 1 aromatic heterocycles. The van der Waals surface area contributed by atoms with Crippen molar-refractivity contribution in [2.24, 2.45) is 0 Å². The molecule has 0 saturated carbocycles. The monoisotopic (exact) mass is 191 g/mol. The zero-order chi connectivity index (χ0) is 10.6. The molecule has 1 rings (SSSR count). The molecule has 0 unspecified atom stereocenters. The molecule has 74 valence electrons. The summed E-state index contributed by atoms with van der Waals surface area (Å²) in [5.41, 5.74) is -0.340. The van der Waals surface area contributed by atoms with Crippen LogP contribution in [0.1, 0.15) is 19.7 Å². The van der Waals surface area contributed by atoms with Crippen molar-refractivity contribution in [3.05, 3.63) is 39.5 Å². The Morgan fingerprint density at radius 3 is 2.79 bits per heavy atom. The van der Waals surface area contributed by atoms with Gasteiger partial charge in [-0.05, 0) is 13.0 Å². The summed E-state index contributed by atoms with van der Waals surface area (Å²) in [5.74, 6) is 0.453. The van der Waals surface area contributed by atoms with Gasteiger partial charge in [-0.1, -0.05) is 25.7 Å². The molecule has 1 aromatic rings. The summed E-state index contributed by atoms with van der Waals surface area (Å²) >= 11 is 0. The SMILES string of the molecule is C=C/C=c1/nc(CC)oc(=O)/c1=C/C. The maximum absolute atomic E-state index is 11.4. The van der Waals surface area contributed by atoms with Gasteiger partial charge in [-0.15, -0.1) is 0 Å². The second kappa shape index (κ2) is 4.56. The van der Waals surface area contributed by atoms with E-state index in [0.717, 1.165) is 0 Å². The Labute approximate surface area is 82.1 Å². The number of rotatable bonds is 2. The molecule has 0 fully saturated rings. The third kappa shape index (κ3) is 1.99. The molecule has 0 saturated heterocycles. The van der Waals surface area contributed by atoms with Crippen molar-refractivity contribution in [2.75, 3.05) is 0 Å². The average molecular weight is 191 g/mol. The lowest BCUT2D eigenvalue weighted by Crippen LogP contribution is -2.41. The highest BCUT2D eigenvalue weighted by atomic mass is 16.4. The molecule has 0 aliphatic heterocycles. The second-order valence-corrected chi connectivity index (χ2v) is 2.74. The van der Waals surface area contributed by atoms with Gasteiger partial charge >= 0.3 is 5.63 Å². The Bertz CT molecular complexity index is 497. The molecule has 1 heterocycles. The van der Waals surface area contributed by atoms with Crippen LogP contribution >= 0.6 is 0 Å². The Balaban J connectivity index is 3.70. The van der Waals surface area contributed by atoms with Crippen LogP contribution in [0.5, 0.6) is 0 Å². The summed E-state index contributed by atoms with van der Waals surface area (Å²) in [6.07, 6.45) is 5.60. The van der Waals surface area contributed by atoms with Crippen LogP contribution in [0, 0.1) is 0 Å². The van der Waals surface area contributed by atoms with E-state index in [4.69, 9.17) is 4.42 Å². The van der Waals surface area contributed by atoms with Gasteiger partial charge in [0.05, 0.1) is 10.6 Å². The van der Waals surface area contributed by atoms with E-state index in [2.05, 4.69) is 11.6 Å². The van der Waals surface area contributed by atoms with Gasteiger partial charge in [0, 0.05) is 6.42 Å². The summed E-state index contributed by atoms with van der Waals surface area (Å²) in [6.45, 7) is 7.24. The normalized spacial score (nSPS) is 13.3. The topological polar surface area (TPSA) is 43.1 Å². The standard InChI is InChI=1S/C11H13NO2/c1-4-7-9-8(5-2)11(13)14-10(6-3)12-9/h4-5,7H,1,6H2,2-3H3/b8-5+,9-7+. The minimum Gasteiger partial charge on any atom is -0.408 e. The van der Waals surface area contributed by atoms with Crippen molar-refractivity contribution < 1.29 is 4.42 Å². The number of aromatic nitrogens is 1. The first-order valence-electron chi connectivity index (χ1n) is 4.52. The third-order valence-corrected chi connectivity index (χ3v) is 1.82. The largest absolute Gasteiger partial charge is 0.408 e. The summed E-state index contributed by atoms with van der Waals surface area (Å²) in [7, 11) is 0. The average Bonchev–Trinajstić information content (AvgIpc) is 2.18. The minimum absolute atomic E-state index is 0.340. The molecular formula is C11H13NO2. The third-order valence-electron chi connectivity index (χ3n) is 1.82. The van der Waals surface area contributed by atoms with E-state index < -0.39 is 0 Å². The summed E-state index contributed by atoms with van der Waals surface area (Å²) in [5, 5.41) is 1.11. The Morgan fingerprint density at radius 2 is 2.29 bits per heavy atom. The van der Waals surface area contributed by atoms with Crippen LogP contribution in [0.4, 0.5) is 0 Å². The van der Waals surface area contributed by atoms with Crippen molar-refractivity contribution in [2.45, 2.75) is 20.3 Å². The summed E-state index contributed by atoms with van der Waals surface area (Å²) in [6, 6.07) is 0. The first kappa shape index (κ1) is 10.4. The molecule has 0 radical (unpaired) electrons. The quantitative estimate of drug-likeness (QED) is 0.678. The Morgan fingerprint density at radius 1 is 1.57 bits per heavy atom. The van der Waals surface area contributed by atoms with Gasteiger partial charge in [-0.25, -0.2) is 9.78 Å². The molecular weight excluding hydrogens is 178 g/mol. The highest BCUT2D eigenvalue weighted by Crippen LogP contribution is 1.83. The van der Waals surface area contributed by atoms with Crippen molar-refractivity contribution in [3.8, 4) is 0 Å². The van der Waals surface area contributed by atoms with Crippen molar-refractivity contribution in [3.63, 3.8) is 0 Å². The number of nitrogens with zero attached hydrogens (tertiary/aromatic N) is 1. The predicted molar refractivity (Wildman–Crippen MR) is 56.2 cm³/mol. The maximum Gasteiger partial charge on any atom is 0.346 e. The Hall–Kier alpha value is -1.64. The fourth-order valence-corrected chi connectivity index (χ4v) is 1.14. The van der Waals surface area contributed by atoms with E-state index in [9.17, 15) is 4.79 Å². The predicted octanol–water partition coefficient (Wildman–Crippen LogP) is 0.364. The van der Waals surface area contributed by atoms with E-state index in [1.807, 2.05) is 6.92 Å². The highest BCUT2D eigenvalue weighted by Gasteiger charge is 1.98. The molecule has 3 heteroatoms. The molecule has 0 bridgehead atoms. The van der Waals surface area contributed by atoms with Gasteiger partial charge in [0.15, 0.2) is 5.89 Å². The fourth-order valence-electron chi connectivity index (χ4n) is 1.14. The fraction of sp³-hybridized carbons (Fsp3) is 0.273. The molecule has 0 atom stereocenters. The molecule has 0 aliphatic carbocycles. The first-order chi connectivity index (χ1) is 6.72. The number of allylic oxidation sites excluding steroid dienone is 1.